The van der Waals surface area contributed by atoms with E-state index in [2.05, 4.69) is 35.9 Å². The Morgan fingerprint density at radius 1 is 0.952 bits per heavy atom. The molecule has 0 spiro atoms. The molecule has 0 unspecified atom stereocenters. The van der Waals surface area contributed by atoms with Crippen LogP contribution in [0.3, 0.4) is 0 Å². The van der Waals surface area contributed by atoms with E-state index in [1.54, 1.807) is 0 Å². The summed E-state index contributed by atoms with van der Waals surface area (Å²) in [6, 6.07) is -3.91. The number of guanidine groups is 1. The van der Waals surface area contributed by atoms with Gasteiger partial charge in [-0.25, -0.2) is 15.0 Å². The number of fused-ring (bicyclic) bond motifs is 1. The van der Waals surface area contributed by atoms with E-state index in [1.165, 1.54) is 22.1 Å². The number of aliphatic hydroxyl groups excluding tert-OH is 2. The number of carboxylic acids is 1. The van der Waals surface area contributed by atoms with Crippen LogP contribution >= 0.6 is 0 Å². The molecule has 2 aromatic heterocycles. The first-order valence-electron chi connectivity index (χ1n) is 20.9. The molecular weight excluding hydrogens is 813 g/mol. The molecule has 0 aliphatic carbocycles. The summed E-state index contributed by atoms with van der Waals surface area (Å²) in [6.45, 7) is 2.26. The molecule has 62 heavy (non-hydrogen) atoms. The van der Waals surface area contributed by atoms with Crippen LogP contribution in [0.25, 0.3) is 11.2 Å². The molecule has 2 fully saturated rings. The van der Waals surface area contributed by atoms with Crippen molar-refractivity contribution in [1.29, 1.82) is 0 Å². The minimum absolute atomic E-state index is 0.0393. The number of nitrogen functional groups attached to an aromatic ring is 1. The number of hydrogen-bond acceptors (Lipinski definition) is 17. The third-order valence-corrected chi connectivity index (χ3v) is 10.9. The third-order valence-electron chi connectivity index (χ3n) is 10.9. The molecule has 25 nitrogen and oxygen atoms in total. The number of carboxylic acid groups (broad SMARTS) is 1. The van der Waals surface area contributed by atoms with Crippen molar-refractivity contribution in [3.05, 3.63) is 12.7 Å². The number of hydrogen-bond donors (Lipinski definition) is 12. The van der Waals surface area contributed by atoms with Gasteiger partial charge in [-0.05, 0) is 83.8 Å². The van der Waals surface area contributed by atoms with Gasteiger partial charge in [-0.15, -0.1) is 0 Å². The molecule has 2 saturated heterocycles. The second-order valence-electron chi connectivity index (χ2n) is 15.6. The van der Waals surface area contributed by atoms with Gasteiger partial charge in [0.15, 0.2) is 23.7 Å². The van der Waals surface area contributed by atoms with E-state index in [1.807, 2.05) is 4.90 Å². The number of nitrogens with zero attached hydrogens (tertiary/aromatic N) is 7. The number of likely N-dealkylation sites (tertiary alicyclic amines) is 1. The van der Waals surface area contributed by atoms with Crippen LogP contribution in [0, 0.1) is 0 Å². The van der Waals surface area contributed by atoms with Crippen molar-refractivity contribution >= 4 is 52.5 Å². The molecule has 2 aromatic rings. The van der Waals surface area contributed by atoms with E-state index >= 15 is 0 Å². The smallest absolute Gasteiger partial charge is 0.320 e. The van der Waals surface area contributed by atoms with Crippen LogP contribution in [0.2, 0.25) is 0 Å². The van der Waals surface area contributed by atoms with Crippen LogP contribution in [0.5, 0.6) is 0 Å². The lowest BCUT2D eigenvalue weighted by molar-refractivity contribution is -0.139. The summed E-state index contributed by atoms with van der Waals surface area (Å²) < 4.78 is 7.58. The molecule has 4 rings (SSSR count). The molecule has 4 heterocycles. The molecule has 2 aliphatic heterocycles. The van der Waals surface area contributed by atoms with Gasteiger partial charge in [0.1, 0.15) is 54.3 Å². The first kappa shape index (κ1) is 49.3. The van der Waals surface area contributed by atoms with Crippen molar-refractivity contribution in [2.24, 2.45) is 33.7 Å². The van der Waals surface area contributed by atoms with Crippen molar-refractivity contribution in [3.8, 4) is 0 Å². The van der Waals surface area contributed by atoms with Crippen LogP contribution in [0.4, 0.5) is 5.82 Å². The van der Waals surface area contributed by atoms with Crippen molar-refractivity contribution in [1.82, 2.24) is 45.3 Å². The first-order chi connectivity index (χ1) is 29.6. The topological polar surface area (TPSA) is 410 Å². The lowest BCUT2D eigenvalue weighted by Crippen LogP contribution is -2.56. The molecule has 0 aromatic carbocycles. The predicted octanol–water partition coefficient (Wildman–Crippen LogP) is -4.87. The number of carbonyl (C=O) groups excluding carboxylic acids is 4. The Bertz CT molecular complexity index is 1830. The number of rotatable bonds is 27. The number of anilines is 1. The number of ether oxygens (including phenoxy) is 1. The van der Waals surface area contributed by atoms with E-state index < -0.39 is 72.4 Å². The number of primary amides is 1. The predicted molar refractivity (Wildman–Crippen MR) is 225 cm³/mol. The largest absolute Gasteiger partial charge is 0.480 e. The van der Waals surface area contributed by atoms with Crippen molar-refractivity contribution in [3.63, 3.8) is 0 Å². The number of nitrogens with one attached hydrogen (secondary N) is 3. The molecule has 2 aliphatic rings. The van der Waals surface area contributed by atoms with Gasteiger partial charge in [-0.3, -0.25) is 33.5 Å². The van der Waals surface area contributed by atoms with Crippen LogP contribution < -0.4 is 50.4 Å². The lowest BCUT2D eigenvalue weighted by Gasteiger charge is -2.28. The Morgan fingerprint density at radius 2 is 1.71 bits per heavy atom. The number of carbonyl (C=O) groups is 5. The molecule has 4 amide bonds. The Hall–Kier alpha value is -5.31. The van der Waals surface area contributed by atoms with Gasteiger partial charge in [-0.1, -0.05) is 0 Å². The number of nitrogens with two attached hydrogens (primary N) is 6. The van der Waals surface area contributed by atoms with E-state index in [0.717, 1.165) is 0 Å². The quantitative estimate of drug-likeness (QED) is 0.0227. The fourth-order valence-electron chi connectivity index (χ4n) is 7.47. The summed E-state index contributed by atoms with van der Waals surface area (Å²) in [5, 5.41) is 39.8. The summed E-state index contributed by atoms with van der Waals surface area (Å²) in [5.41, 5.74) is 34.2. The van der Waals surface area contributed by atoms with Crippen LogP contribution in [-0.2, 0) is 28.7 Å². The van der Waals surface area contributed by atoms with Gasteiger partial charge in [-0.2, -0.15) is 0 Å². The summed E-state index contributed by atoms with van der Waals surface area (Å²) in [6.07, 6.45) is 2.44. The zero-order valence-electron chi connectivity index (χ0n) is 34.9. The highest BCUT2D eigenvalue weighted by Crippen LogP contribution is 2.32. The zero-order valence-corrected chi connectivity index (χ0v) is 34.9. The third kappa shape index (κ3) is 14.1. The minimum atomic E-state index is -1.33. The number of aliphatic carboxylic acids is 1. The van der Waals surface area contributed by atoms with Crippen molar-refractivity contribution < 1.29 is 44.0 Å². The van der Waals surface area contributed by atoms with Gasteiger partial charge < -0.3 is 80.2 Å². The number of imidazole rings is 1. The molecule has 18 N–H and O–H groups in total. The maximum absolute atomic E-state index is 13.6. The lowest BCUT2D eigenvalue weighted by atomic mass is 10.1. The van der Waals surface area contributed by atoms with Gasteiger partial charge in [0, 0.05) is 26.2 Å². The SMILES string of the molecule is NCCCC[C@H](NC(=O)[C@@H]1CCCN1C(=O)CNCCCCN(CC[C@H](N)C(=O)O)C[C@H]1O[C@@H](n2cnc3c(N)ncnc32)[C@H](O)[C@@H]1O)C(=O)N[C@@H](CCCN=C(N)N)C(N)=O. The first-order valence-corrected chi connectivity index (χ1v) is 20.9. The van der Waals surface area contributed by atoms with E-state index in [-0.39, 0.29) is 63.1 Å². The highest BCUT2D eigenvalue weighted by molar-refractivity contribution is 5.94. The summed E-state index contributed by atoms with van der Waals surface area (Å²) in [4.78, 5) is 83.4. The number of amides is 4. The monoisotopic (exact) mass is 877 g/mol. The average Bonchev–Trinajstić information content (AvgIpc) is 3.97. The van der Waals surface area contributed by atoms with Crippen LogP contribution in [-0.4, -0.2) is 175 Å². The van der Waals surface area contributed by atoms with Gasteiger partial charge in [0.25, 0.3) is 0 Å². The number of aliphatic hydroxyl groups is 2. The summed E-state index contributed by atoms with van der Waals surface area (Å²) in [5.74, 6) is -3.20. The molecule has 0 radical (unpaired) electrons. The maximum Gasteiger partial charge on any atom is 0.320 e. The van der Waals surface area contributed by atoms with Gasteiger partial charge >= 0.3 is 5.97 Å². The molecule has 25 heteroatoms. The zero-order chi connectivity index (χ0) is 45.3. The maximum atomic E-state index is 13.6. The number of aliphatic imine (C=N–C) groups is 1. The Balaban J connectivity index is 1.27. The normalized spacial score (nSPS) is 21.4. The molecular formula is C37H64N16O9. The summed E-state index contributed by atoms with van der Waals surface area (Å²) >= 11 is 0. The Labute approximate surface area is 358 Å². The minimum Gasteiger partial charge on any atom is -0.480 e. The van der Waals surface area contributed by atoms with Gasteiger partial charge in [0.05, 0.1) is 12.9 Å². The number of unbranched alkanes of at least 4 members (excludes halogenated alkanes) is 2. The second kappa shape index (κ2) is 24.4. The average molecular weight is 877 g/mol. The Kier molecular flexibility index (Phi) is 19.4. The molecule has 0 saturated carbocycles. The van der Waals surface area contributed by atoms with Crippen LogP contribution in [0.1, 0.15) is 70.4 Å². The van der Waals surface area contributed by atoms with Gasteiger partial charge in [0.2, 0.25) is 23.6 Å². The standard InChI is InChI=1S/C37H64N16O9/c38-11-2-1-7-23(33(58)49-22(31(41)57)8-5-13-45-37(42)43)50-34(59)24-9-6-15-52(24)26(54)17-44-12-3-4-14-51(16-10-21(39)36(60)61)18-25-28(55)29(56)35(62-25)53-20-48-27-30(40)46-19-47-32(27)53/h19-25,28-29,35,44,55-56H,1-18,38-39H2,(H2,41,57)(H,49,58)(H,50,59)(H,60,61)(H2,40,46,47)(H4,42,43,45)/t21-,22-,23-,24-,25+,28+,29+,35+/m0/s1. The van der Waals surface area contributed by atoms with Crippen molar-refractivity contribution in [2.75, 3.05) is 58.1 Å². The fraction of sp³-hybridized carbons (Fsp3) is 0.703. The number of aromatic nitrogens is 4. The second-order valence-corrected chi connectivity index (χ2v) is 15.6. The highest BCUT2D eigenvalue weighted by Gasteiger charge is 2.45. The fourth-order valence-corrected chi connectivity index (χ4v) is 7.47. The highest BCUT2D eigenvalue weighted by atomic mass is 16.6. The van der Waals surface area contributed by atoms with Crippen LogP contribution in [0.15, 0.2) is 17.6 Å². The van der Waals surface area contributed by atoms with E-state index in [4.69, 9.17) is 39.1 Å². The van der Waals surface area contributed by atoms with E-state index in [9.17, 15) is 39.3 Å². The molecule has 346 valence electrons. The Morgan fingerprint density at radius 3 is 2.42 bits per heavy atom. The summed E-state index contributed by atoms with van der Waals surface area (Å²) in [7, 11) is 0. The van der Waals surface area contributed by atoms with E-state index in [0.29, 0.717) is 82.3 Å². The molecule has 0 bridgehead atoms. The van der Waals surface area contributed by atoms with Crippen molar-refractivity contribution in [2.45, 2.75) is 113 Å². The molecule has 8 atom stereocenters.